The van der Waals surface area contributed by atoms with Crippen LogP contribution >= 0.6 is 11.3 Å². The van der Waals surface area contributed by atoms with Crippen molar-refractivity contribution in [3.63, 3.8) is 0 Å². The monoisotopic (exact) mass is 517 g/mol. The molecule has 0 radical (unpaired) electrons. The molecule has 192 valence electrons. The summed E-state index contributed by atoms with van der Waals surface area (Å²) >= 11 is 1.68. The molecule has 5 rings (SSSR count). The van der Waals surface area contributed by atoms with Gasteiger partial charge in [0, 0.05) is 38.4 Å². The number of rotatable bonds is 7. The fourth-order valence-electron chi connectivity index (χ4n) is 4.88. The highest BCUT2D eigenvalue weighted by atomic mass is 32.1. The van der Waals surface area contributed by atoms with Crippen LogP contribution in [0.15, 0.2) is 47.4 Å². The van der Waals surface area contributed by atoms with Crippen molar-refractivity contribution >= 4 is 40.0 Å². The predicted octanol–water partition coefficient (Wildman–Crippen LogP) is 4.37. The smallest absolute Gasteiger partial charge is 0.314 e. The van der Waals surface area contributed by atoms with Gasteiger partial charge in [0.15, 0.2) is 5.65 Å². The third-order valence-corrected chi connectivity index (χ3v) is 7.83. The molecule has 1 aliphatic heterocycles. The predicted molar refractivity (Wildman–Crippen MR) is 147 cm³/mol. The van der Waals surface area contributed by atoms with Crippen molar-refractivity contribution in [3.8, 4) is 11.1 Å². The molecule has 4 N–H and O–H groups in total. The lowest BCUT2D eigenvalue weighted by Gasteiger charge is -2.32. The summed E-state index contributed by atoms with van der Waals surface area (Å²) in [5.41, 5.74) is 12.0. The minimum Gasteiger partial charge on any atom is -0.381 e. The Kier molecular flexibility index (Phi) is 7.09. The lowest BCUT2D eigenvalue weighted by atomic mass is 9.99. The van der Waals surface area contributed by atoms with Crippen molar-refractivity contribution in [1.82, 2.24) is 25.0 Å². The number of aryl methyl sites for hydroxylation is 2. The Balaban J connectivity index is 1.40. The number of aromatic nitrogens is 3. The maximum absolute atomic E-state index is 13.5. The zero-order chi connectivity index (χ0) is 25.9. The third-order valence-electron chi connectivity index (χ3n) is 6.97. The van der Waals surface area contributed by atoms with Crippen molar-refractivity contribution in [1.29, 1.82) is 0 Å². The van der Waals surface area contributed by atoms with Crippen molar-refractivity contribution in [2.24, 2.45) is 5.73 Å². The number of pyridine rings is 1. The van der Waals surface area contributed by atoms with Gasteiger partial charge in [0.1, 0.15) is 0 Å². The average Bonchev–Trinajstić information content (AvgIpc) is 3.54. The number of benzene rings is 1. The molecular weight excluding hydrogens is 486 g/mol. The topological polar surface area (TPSA) is 118 Å². The second-order valence-corrected chi connectivity index (χ2v) is 10.0. The molecule has 37 heavy (non-hydrogen) atoms. The van der Waals surface area contributed by atoms with E-state index in [4.69, 9.17) is 5.73 Å². The molecule has 0 spiro atoms. The van der Waals surface area contributed by atoms with Crippen LogP contribution in [0.1, 0.15) is 41.3 Å². The van der Waals surface area contributed by atoms with Gasteiger partial charge in [-0.15, -0.1) is 0 Å². The van der Waals surface area contributed by atoms with Crippen LogP contribution in [0, 0.1) is 6.92 Å². The van der Waals surface area contributed by atoms with E-state index in [2.05, 4.69) is 44.5 Å². The van der Waals surface area contributed by atoms with Gasteiger partial charge in [-0.1, -0.05) is 24.3 Å². The number of fused-ring (bicyclic) bond motifs is 1. The highest BCUT2D eigenvalue weighted by Crippen LogP contribution is 2.31. The second-order valence-electron chi connectivity index (χ2n) is 9.30. The van der Waals surface area contributed by atoms with Gasteiger partial charge in [-0.2, -0.15) is 16.4 Å². The highest BCUT2D eigenvalue weighted by Gasteiger charge is 2.25. The van der Waals surface area contributed by atoms with Gasteiger partial charge in [-0.05, 0) is 59.7 Å². The number of piperidine rings is 1. The first-order valence-electron chi connectivity index (χ1n) is 12.5. The molecule has 10 heteroatoms. The van der Waals surface area contributed by atoms with E-state index in [0.717, 1.165) is 40.7 Å². The second kappa shape index (κ2) is 10.6. The Morgan fingerprint density at radius 1 is 1.14 bits per heavy atom. The van der Waals surface area contributed by atoms with Gasteiger partial charge in [-0.3, -0.25) is 4.79 Å². The van der Waals surface area contributed by atoms with Crippen LogP contribution in [-0.2, 0) is 13.1 Å². The number of hydrogen-bond donors (Lipinski definition) is 3. The van der Waals surface area contributed by atoms with Crippen molar-refractivity contribution in [3.05, 3.63) is 64.1 Å². The highest BCUT2D eigenvalue weighted by molar-refractivity contribution is 7.08. The standard InChI is InChI=1S/C27H31N7O2S/c1-3-34-25-21(14-31-34)24(32-19-8-10-33(11-9-19)27(28)36)22(13-29-25)26(35)30-12-18-6-4-5-7-20(18)23-16-37-15-17(23)2/h4-7,13-16,19H,3,8-12H2,1-2H3,(H2,28,36)(H,29,32)(H,30,35). The van der Waals surface area contributed by atoms with E-state index >= 15 is 0 Å². The van der Waals surface area contributed by atoms with Crippen LogP contribution in [-0.4, -0.2) is 50.7 Å². The Bertz CT molecular complexity index is 1440. The molecular formula is C27H31N7O2S. The van der Waals surface area contributed by atoms with E-state index in [9.17, 15) is 9.59 Å². The van der Waals surface area contributed by atoms with Gasteiger partial charge in [0.05, 0.1) is 22.8 Å². The van der Waals surface area contributed by atoms with Crippen molar-refractivity contribution in [2.75, 3.05) is 18.4 Å². The van der Waals surface area contributed by atoms with E-state index in [1.54, 1.807) is 28.6 Å². The Morgan fingerprint density at radius 2 is 1.92 bits per heavy atom. The van der Waals surface area contributed by atoms with Crippen LogP contribution in [0.4, 0.5) is 10.5 Å². The van der Waals surface area contributed by atoms with Crippen molar-refractivity contribution in [2.45, 2.75) is 45.8 Å². The van der Waals surface area contributed by atoms with Crippen LogP contribution in [0.3, 0.4) is 0 Å². The van der Waals surface area contributed by atoms with Gasteiger partial charge in [-0.25, -0.2) is 14.5 Å². The van der Waals surface area contributed by atoms with Crippen LogP contribution in [0.25, 0.3) is 22.2 Å². The summed E-state index contributed by atoms with van der Waals surface area (Å²) in [7, 11) is 0. The van der Waals surface area contributed by atoms with Gasteiger partial charge in [0.2, 0.25) is 0 Å². The first-order valence-corrected chi connectivity index (χ1v) is 13.4. The van der Waals surface area contributed by atoms with Crippen LogP contribution in [0.2, 0.25) is 0 Å². The summed E-state index contributed by atoms with van der Waals surface area (Å²) in [6, 6.07) is 7.85. The number of carbonyl (C=O) groups is 2. The Morgan fingerprint density at radius 3 is 2.62 bits per heavy atom. The molecule has 1 fully saturated rings. The summed E-state index contributed by atoms with van der Waals surface area (Å²) in [6.07, 6.45) is 4.87. The summed E-state index contributed by atoms with van der Waals surface area (Å²) < 4.78 is 1.82. The third kappa shape index (κ3) is 5.01. The minimum absolute atomic E-state index is 0.0972. The Hall–Kier alpha value is -3.92. The summed E-state index contributed by atoms with van der Waals surface area (Å²) in [4.78, 5) is 31.3. The van der Waals surface area contributed by atoms with E-state index in [1.807, 2.05) is 29.8 Å². The molecule has 0 atom stereocenters. The quantitative estimate of drug-likeness (QED) is 0.336. The van der Waals surface area contributed by atoms with Gasteiger partial charge < -0.3 is 21.3 Å². The lowest BCUT2D eigenvalue weighted by Crippen LogP contribution is -2.44. The lowest BCUT2D eigenvalue weighted by molar-refractivity contribution is 0.0951. The van der Waals surface area contributed by atoms with E-state index in [1.165, 1.54) is 11.1 Å². The maximum Gasteiger partial charge on any atom is 0.314 e. The summed E-state index contributed by atoms with van der Waals surface area (Å²) in [5.74, 6) is -0.201. The SMILES string of the molecule is CCn1ncc2c(NC3CCN(C(N)=O)CC3)c(C(=O)NCc3ccccc3-c3cscc3C)cnc21. The van der Waals surface area contributed by atoms with Gasteiger partial charge in [0.25, 0.3) is 5.91 Å². The maximum atomic E-state index is 13.5. The number of nitrogens with zero attached hydrogens (tertiary/aromatic N) is 4. The molecule has 3 aromatic heterocycles. The van der Waals surface area contributed by atoms with E-state index < -0.39 is 6.03 Å². The molecule has 0 unspecified atom stereocenters. The van der Waals surface area contributed by atoms with Crippen molar-refractivity contribution < 1.29 is 9.59 Å². The molecule has 0 bridgehead atoms. The number of nitrogens with one attached hydrogen (secondary N) is 2. The normalized spacial score (nSPS) is 14.2. The first-order chi connectivity index (χ1) is 18.0. The first kappa shape index (κ1) is 24.8. The molecule has 3 amide bonds. The zero-order valence-corrected chi connectivity index (χ0v) is 21.8. The molecule has 4 heterocycles. The number of anilines is 1. The van der Waals surface area contributed by atoms with E-state index in [0.29, 0.717) is 31.7 Å². The number of urea groups is 1. The minimum atomic E-state index is -0.396. The fraction of sp³-hybridized carbons (Fsp3) is 0.333. The molecule has 1 aromatic carbocycles. The van der Waals surface area contributed by atoms with Gasteiger partial charge >= 0.3 is 6.03 Å². The molecule has 9 nitrogen and oxygen atoms in total. The summed E-state index contributed by atoms with van der Waals surface area (Å²) in [6.45, 7) is 6.34. The largest absolute Gasteiger partial charge is 0.381 e. The molecule has 4 aromatic rings. The zero-order valence-electron chi connectivity index (χ0n) is 21.0. The number of hydrogen-bond acceptors (Lipinski definition) is 6. The van der Waals surface area contributed by atoms with Crippen LogP contribution < -0.4 is 16.4 Å². The number of nitrogens with two attached hydrogens (primary N) is 1. The number of carbonyl (C=O) groups excluding carboxylic acids is 2. The average molecular weight is 518 g/mol. The molecule has 1 saturated heterocycles. The fourth-order valence-corrected chi connectivity index (χ4v) is 5.73. The molecule has 0 aliphatic carbocycles. The number of amides is 3. The molecule has 0 saturated carbocycles. The number of primary amides is 1. The van der Waals surface area contributed by atoms with E-state index in [-0.39, 0.29) is 11.9 Å². The summed E-state index contributed by atoms with van der Waals surface area (Å²) in [5, 5.41) is 16.2. The number of thiophene rings is 1. The van der Waals surface area contributed by atoms with Crippen LogP contribution in [0.5, 0.6) is 0 Å². The molecule has 1 aliphatic rings. The number of likely N-dealkylation sites (tertiary alicyclic amines) is 1. The Labute approximate surface area is 219 Å².